The Balaban J connectivity index is 1.16. The van der Waals surface area contributed by atoms with E-state index in [2.05, 4.69) is 76.4 Å². The van der Waals surface area contributed by atoms with E-state index in [1.807, 2.05) is 18.5 Å². The summed E-state index contributed by atoms with van der Waals surface area (Å²) >= 11 is 0. The molecule has 4 heterocycles. The second-order valence-corrected chi connectivity index (χ2v) is 12.5. The van der Waals surface area contributed by atoms with Gasteiger partial charge in [-0.25, -0.2) is 4.98 Å². The topological polar surface area (TPSA) is 100 Å². The highest BCUT2D eigenvalue weighted by atomic mass is 16.5. The monoisotopic (exact) mass is 623 g/mol. The normalized spacial score (nSPS) is 17.7. The number of likely N-dealkylation sites (tertiary alicyclic amines) is 1. The van der Waals surface area contributed by atoms with E-state index in [4.69, 9.17) is 14.5 Å². The van der Waals surface area contributed by atoms with Crippen molar-refractivity contribution in [3.63, 3.8) is 0 Å². The summed E-state index contributed by atoms with van der Waals surface area (Å²) in [5, 5.41) is 14.0. The number of pyridine rings is 2. The summed E-state index contributed by atoms with van der Waals surface area (Å²) in [4.78, 5) is 25.6. The third-order valence-corrected chi connectivity index (χ3v) is 9.44. The molecule has 6 rings (SSSR count). The standard InChI is InChI=1S/C37H45N5O4/c1-26-30(25-46-20-17-41-15-18-45-19-16-41)7-5-9-32(26)33-10-6-11-34(27(33)2)40-37-36-29(12-13-38-37)21-28(23-39-36)24-42-14-4-3-8-31(42)22-35(43)44/h5-7,9-13,21,23,31H,3-4,8,14-20,22,24-25H2,1-2H3,(H,38,40)(H,43,44). The number of benzene rings is 2. The number of ether oxygens (including phenoxy) is 2. The van der Waals surface area contributed by atoms with Crippen LogP contribution in [0.1, 0.15) is 47.9 Å². The lowest BCUT2D eigenvalue weighted by Crippen LogP contribution is -2.40. The second-order valence-electron chi connectivity index (χ2n) is 12.5. The SMILES string of the molecule is Cc1c(COCCN2CCOCC2)cccc1-c1cccc(Nc2nccc3cc(CN4CCCCC4CC(=O)O)cnc23)c1C. The lowest BCUT2D eigenvalue weighted by atomic mass is 9.93. The zero-order valence-electron chi connectivity index (χ0n) is 27.0. The molecular weight excluding hydrogens is 578 g/mol. The van der Waals surface area contributed by atoms with Gasteiger partial charge < -0.3 is 19.9 Å². The van der Waals surface area contributed by atoms with Crippen molar-refractivity contribution >= 4 is 28.4 Å². The van der Waals surface area contributed by atoms with Gasteiger partial charge in [0.05, 0.1) is 32.8 Å². The Bertz CT molecular complexity index is 1650. The van der Waals surface area contributed by atoms with Crippen LogP contribution in [0.3, 0.4) is 0 Å². The highest BCUT2D eigenvalue weighted by Crippen LogP contribution is 2.34. The molecule has 0 spiro atoms. The molecule has 2 aliphatic heterocycles. The first-order valence-electron chi connectivity index (χ1n) is 16.5. The summed E-state index contributed by atoms with van der Waals surface area (Å²) in [6.07, 6.45) is 7.02. The maximum Gasteiger partial charge on any atom is 0.304 e. The molecule has 0 bridgehead atoms. The van der Waals surface area contributed by atoms with E-state index in [0.29, 0.717) is 25.6 Å². The van der Waals surface area contributed by atoms with Gasteiger partial charge in [-0.05, 0) is 84.8 Å². The number of carboxylic acids is 1. The van der Waals surface area contributed by atoms with E-state index in [-0.39, 0.29) is 12.5 Å². The number of piperidine rings is 1. The van der Waals surface area contributed by atoms with Gasteiger partial charge in [-0.2, -0.15) is 0 Å². The average molecular weight is 624 g/mol. The van der Waals surface area contributed by atoms with Crippen LogP contribution in [0.15, 0.2) is 60.9 Å². The zero-order chi connectivity index (χ0) is 31.9. The van der Waals surface area contributed by atoms with Gasteiger partial charge in [-0.15, -0.1) is 0 Å². The molecule has 1 atom stereocenters. The van der Waals surface area contributed by atoms with Crippen LogP contribution >= 0.6 is 0 Å². The fraction of sp³-hybridized carbons (Fsp3) is 0.432. The smallest absolute Gasteiger partial charge is 0.304 e. The maximum absolute atomic E-state index is 11.4. The van der Waals surface area contributed by atoms with Crippen molar-refractivity contribution in [2.45, 2.75) is 58.7 Å². The first kappa shape index (κ1) is 32.1. The summed E-state index contributed by atoms with van der Waals surface area (Å²) in [6.45, 7) is 11.7. The van der Waals surface area contributed by atoms with E-state index in [9.17, 15) is 9.90 Å². The van der Waals surface area contributed by atoms with Crippen LogP contribution in [0.4, 0.5) is 11.5 Å². The van der Waals surface area contributed by atoms with Gasteiger partial charge in [-0.1, -0.05) is 36.8 Å². The molecule has 1 unspecified atom stereocenters. The first-order chi connectivity index (χ1) is 22.5. The van der Waals surface area contributed by atoms with Gasteiger partial charge in [0.2, 0.25) is 0 Å². The number of nitrogens with zero attached hydrogens (tertiary/aromatic N) is 4. The molecule has 2 saturated heterocycles. The van der Waals surface area contributed by atoms with E-state index in [1.54, 1.807) is 0 Å². The molecule has 2 aliphatic rings. The largest absolute Gasteiger partial charge is 0.481 e. The summed E-state index contributed by atoms with van der Waals surface area (Å²) in [5.74, 6) is -0.0214. The Morgan fingerprint density at radius 1 is 1.02 bits per heavy atom. The molecule has 242 valence electrons. The predicted molar refractivity (Wildman–Crippen MR) is 181 cm³/mol. The van der Waals surface area contributed by atoms with Crippen molar-refractivity contribution in [3.05, 3.63) is 83.2 Å². The van der Waals surface area contributed by atoms with Crippen molar-refractivity contribution in [1.82, 2.24) is 19.8 Å². The highest BCUT2D eigenvalue weighted by Gasteiger charge is 2.25. The van der Waals surface area contributed by atoms with Crippen LogP contribution in [0.5, 0.6) is 0 Å². The van der Waals surface area contributed by atoms with E-state index >= 15 is 0 Å². The van der Waals surface area contributed by atoms with E-state index in [1.165, 1.54) is 22.3 Å². The van der Waals surface area contributed by atoms with Crippen LogP contribution in [-0.4, -0.2) is 82.9 Å². The molecule has 2 aromatic carbocycles. The molecule has 0 radical (unpaired) electrons. The molecule has 0 amide bonds. The molecule has 0 aliphatic carbocycles. The predicted octanol–water partition coefficient (Wildman–Crippen LogP) is 6.34. The molecule has 0 saturated carbocycles. The number of aromatic nitrogens is 2. The quantitative estimate of drug-likeness (QED) is 0.175. The number of aliphatic carboxylic acids is 1. The minimum Gasteiger partial charge on any atom is -0.481 e. The average Bonchev–Trinajstić information content (AvgIpc) is 3.06. The van der Waals surface area contributed by atoms with Gasteiger partial charge in [0.1, 0.15) is 5.52 Å². The Morgan fingerprint density at radius 3 is 2.65 bits per heavy atom. The number of carboxylic acid groups (broad SMARTS) is 1. The van der Waals surface area contributed by atoms with Crippen LogP contribution in [0, 0.1) is 13.8 Å². The number of anilines is 2. The summed E-state index contributed by atoms with van der Waals surface area (Å²) < 4.78 is 11.5. The highest BCUT2D eigenvalue weighted by molar-refractivity contribution is 5.91. The minimum absolute atomic E-state index is 0.0732. The van der Waals surface area contributed by atoms with Crippen molar-refractivity contribution < 1.29 is 19.4 Å². The summed E-state index contributed by atoms with van der Waals surface area (Å²) in [7, 11) is 0. The molecule has 4 aromatic rings. The van der Waals surface area contributed by atoms with Gasteiger partial charge in [0.25, 0.3) is 0 Å². The zero-order valence-corrected chi connectivity index (χ0v) is 27.0. The lowest BCUT2D eigenvalue weighted by Gasteiger charge is -2.34. The van der Waals surface area contributed by atoms with Gasteiger partial charge in [0, 0.05) is 55.7 Å². The fourth-order valence-electron chi connectivity index (χ4n) is 6.74. The number of hydrogen-bond donors (Lipinski definition) is 2. The number of morpholine rings is 1. The number of hydrogen-bond acceptors (Lipinski definition) is 8. The van der Waals surface area contributed by atoms with Crippen LogP contribution in [0.2, 0.25) is 0 Å². The van der Waals surface area contributed by atoms with Crippen LogP contribution in [0.25, 0.3) is 22.0 Å². The number of nitrogens with one attached hydrogen (secondary N) is 1. The van der Waals surface area contributed by atoms with E-state index in [0.717, 1.165) is 86.4 Å². The third-order valence-electron chi connectivity index (χ3n) is 9.44. The molecule has 9 nitrogen and oxygen atoms in total. The Labute approximate surface area is 271 Å². The van der Waals surface area contributed by atoms with E-state index < -0.39 is 5.97 Å². The Hall–Kier alpha value is -3.89. The molecule has 9 heteroatoms. The van der Waals surface area contributed by atoms with Crippen molar-refractivity contribution in [2.75, 3.05) is 51.3 Å². The molecule has 2 N–H and O–H groups in total. The number of fused-ring (bicyclic) bond motifs is 1. The Kier molecular flexibility index (Phi) is 10.5. The van der Waals surface area contributed by atoms with Crippen LogP contribution < -0.4 is 5.32 Å². The molecule has 2 fully saturated rings. The number of carbonyl (C=O) groups is 1. The third kappa shape index (κ3) is 7.73. The molecule has 2 aromatic heterocycles. The maximum atomic E-state index is 11.4. The van der Waals surface area contributed by atoms with Crippen LogP contribution in [-0.2, 0) is 27.4 Å². The Morgan fingerprint density at radius 2 is 1.83 bits per heavy atom. The van der Waals surface area contributed by atoms with Crippen molar-refractivity contribution in [1.29, 1.82) is 0 Å². The second kappa shape index (κ2) is 15.1. The number of rotatable bonds is 12. The lowest BCUT2D eigenvalue weighted by molar-refractivity contribution is -0.138. The van der Waals surface area contributed by atoms with Gasteiger partial charge in [0.15, 0.2) is 5.82 Å². The minimum atomic E-state index is -0.735. The molecule has 46 heavy (non-hydrogen) atoms. The van der Waals surface area contributed by atoms with Gasteiger partial charge >= 0.3 is 5.97 Å². The van der Waals surface area contributed by atoms with Crippen molar-refractivity contribution in [3.8, 4) is 11.1 Å². The summed E-state index contributed by atoms with van der Waals surface area (Å²) in [5.41, 5.74) is 8.82. The fourth-order valence-corrected chi connectivity index (χ4v) is 6.74. The molecular formula is C37H45N5O4. The van der Waals surface area contributed by atoms with Gasteiger partial charge in [-0.3, -0.25) is 19.6 Å². The summed E-state index contributed by atoms with van der Waals surface area (Å²) in [6, 6.07) is 17.0. The first-order valence-corrected chi connectivity index (χ1v) is 16.5. The van der Waals surface area contributed by atoms with Crippen molar-refractivity contribution in [2.24, 2.45) is 0 Å².